The van der Waals surface area contributed by atoms with Gasteiger partial charge in [0.2, 0.25) is 5.91 Å². The van der Waals surface area contributed by atoms with Gasteiger partial charge < -0.3 is 11.1 Å². The lowest BCUT2D eigenvalue weighted by atomic mass is 9.85. The number of rotatable bonds is 4. The zero-order chi connectivity index (χ0) is 11.4. The number of hydrogen-bond donors (Lipinski definition) is 2. The second kappa shape index (κ2) is 5.41. The van der Waals surface area contributed by atoms with Crippen molar-refractivity contribution in [3.8, 4) is 0 Å². The van der Waals surface area contributed by atoms with E-state index in [1.54, 1.807) is 11.3 Å². The molecule has 1 aromatic heterocycles. The van der Waals surface area contributed by atoms with Gasteiger partial charge in [0.25, 0.3) is 0 Å². The summed E-state index contributed by atoms with van der Waals surface area (Å²) in [6.45, 7) is 0.837. The Morgan fingerprint density at radius 2 is 2.25 bits per heavy atom. The highest BCUT2D eigenvalue weighted by Gasteiger charge is 2.24. The number of carbonyl (C=O) groups is 1. The molecule has 4 nitrogen and oxygen atoms in total. The summed E-state index contributed by atoms with van der Waals surface area (Å²) < 4.78 is 0. The molecule has 1 fully saturated rings. The maximum absolute atomic E-state index is 11.0. The number of nitrogens with zero attached hydrogens (tertiary/aromatic N) is 1. The fraction of sp³-hybridized carbons (Fsp3) is 0.636. The van der Waals surface area contributed by atoms with Crippen LogP contribution in [0.1, 0.15) is 30.7 Å². The van der Waals surface area contributed by atoms with Crippen molar-refractivity contribution in [1.82, 2.24) is 10.3 Å². The molecule has 1 aliphatic carbocycles. The van der Waals surface area contributed by atoms with E-state index in [1.165, 1.54) is 0 Å². The Bertz CT molecular complexity index is 331. The summed E-state index contributed by atoms with van der Waals surface area (Å²) in [5.41, 5.74) is 5.30. The smallest absolute Gasteiger partial charge is 0.220 e. The molecule has 0 unspecified atom stereocenters. The highest BCUT2D eigenvalue weighted by molar-refractivity contribution is 7.09. The van der Waals surface area contributed by atoms with Gasteiger partial charge in [-0.1, -0.05) is 0 Å². The molecule has 0 aromatic carbocycles. The van der Waals surface area contributed by atoms with Crippen LogP contribution < -0.4 is 11.1 Å². The minimum absolute atomic E-state index is 0.0953. The molecule has 2 rings (SSSR count). The Morgan fingerprint density at radius 1 is 1.50 bits per heavy atom. The van der Waals surface area contributed by atoms with Crippen LogP contribution in [-0.2, 0) is 11.3 Å². The molecular weight excluding hydrogens is 222 g/mol. The van der Waals surface area contributed by atoms with Crippen LogP contribution >= 0.6 is 11.3 Å². The number of hydrogen-bond acceptors (Lipinski definition) is 4. The molecule has 3 N–H and O–H groups in total. The van der Waals surface area contributed by atoms with E-state index in [-0.39, 0.29) is 11.8 Å². The number of primary amides is 1. The van der Waals surface area contributed by atoms with Gasteiger partial charge in [0.05, 0.1) is 0 Å². The summed E-state index contributed by atoms with van der Waals surface area (Å²) in [5, 5.41) is 6.59. The molecule has 5 heteroatoms. The number of nitrogens with one attached hydrogen (secondary N) is 1. The van der Waals surface area contributed by atoms with E-state index in [1.807, 2.05) is 11.6 Å². The first-order valence-corrected chi connectivity index (χ1v) is 6.54. The summed E-state index contributed by atoms with van der Waals surface area (Å²) in [5.74, 6) is -0.0451. The number of aromatic nitrogens is 1. The van der Waals surface area contributed by atoms with Crippen LogP contribution in [0.4, 0.5) is 0 Å². The van der Waals surface area contributed by atoms with E-state index in [0.29, 0.717) is 6.04 Å². The molecule has 0 atom stereocenters. The van der Waals surface area contributed by atoms with Crippen molar-refractivity contribution in [2.75, 3.05) is 0 Å². The highest BCUT2D eigenvalue weighted by Crippen LogP contribution is 2.24. The number of amides is 1. The molecule has 0 aliphatic heterocycles. The third kappa shape index (κ3) is 3.02. The van der Waals surface area contributed by atoms with Gasteiger partial charge in [-0.15, -0.1) is 11.3 Å². The molecule has 0 bridgehead atoms. The van der Waals surface area contributed by atoms with E-state index in [4.69, 9.17) is 5.73 Å². The summed E-state index contributed by atoms with van der Waals surface area (Å²) in [6, 6.07) is 0.513. The molecule has 0 radical (unpaired) electrons. The van der Waals surface area contributed by atoms with Crippen molar-refractivity contribution < 1.29 is 4.79 Å². The van der Waals surface area contributed by atoms with Gasteiger partial charge in [0, 0.05) is 30.1 Å². The quantitative estimate of drug-likeness (QED) is 0.831. The van der Waals surface area contributed by atoms with Gasteiger partial charge in [-0.3, -0.25) is 4.79 Å². The van der Waals surface area contributed by atoms with Crippen LogP contribution in [0, 0.1) is 5.92 Å². The van der Waals surface area contributed by atoms with Crippen molar-refractivity contribution >= 4 is 17.2 Å². The van der Waals surface area contributed by atoms with Crippen molar-refractivity contribution in [3.63, 3.8) is 0 Å². The maximum atomic E-state index is 11.0. The number of carbonyl (C=O) groups excluding carboxylic acids is 1. The molecule has 1 amide bonds. The van der Waals surface area contributed by atoms with Crippen molar-refractivity contribution in [3.05, 3.63) is 16.6 Å². The van der Waals surface area contributed by atoms with Gasteiger partial charge >= 0.3 is 0 Å². The molecule has 1 saturated carbocycles. The first-order chi connectivity index (χ1) is 7.75. The number of nitrogens with two attached hydrogens (primary N) is 1. The van der Waals surface area contributed by atoms with Crippen LogP contribution in [0.3, 0.4) is 0 Å². The SMILES string of the molecule is NC(=O)C1CCC(NCc2nccs2)CC1. The molecule has 1 aromatic rings. The first-order valence-electron chi connectivity index (χ1n) is 5.67. The van der Waals surface area contributed by atoms with Gasteiger partial charge in [-0.25, -0.2) is 4.98 Å². The summed E-state index contributed by atoms with van der Waals surface area (Å²) >= 11 is 1.67. The summed E-state index contributed by atoms with van der Waals surface area (Å²) in [7, 11) is 0. The normalized spacial score (nSPS) is 25.5. The van der Waals surface area contributed by atoms with E-state index >= 15 is 0 Å². The van der Waals surface area contributed by atoms with Crippen LogP contribution in [0.25, 0.3) is 0 Å². The van der Waals surface area contributed by atoms with E-state index in [2.05, 4.69) is 10.3 Å². The van der Waals surface area contributed by atoms with Crippen LogP contribution in [0.15, 0.2) is 11.6 Å². The van der Waals surface area contributed by atoms with Gasteiger partial charge in [0.15, 0.2) is 0 Å². The summed E-state index contributed by atoms with van der Waals surface area (Å²) in [4.78, 5) is 15.2. The lowest BCUT2D eigenvalue weighted by Gasteiger charge is -2.27. The van der Waals surface area contributed by atoms with E-state index in [0.717, 1.165) is 37.2 Å². The lowest BCUT2D eigenvalue weighted by Crippen LogP contribution is -2.36. The fourth-order valence-electron chi connectivity index (χ4n) is 2.15. The van der Waals surface area contributed by atoms with E-state index in [9.17, 15) is 4.79 Å². The minimum Gasteiger partial charge on any atom is -0.369 e. The average molecular weight is 239 g/mol. The van der Waals surface area contributed by atoms with E-state index < -0.39 is 0 Å². The lowest BCUT2D eigenvalue weighted by molar-refractivity contribution is -0.122. The Labute approximate surface area is 99.3 Å². The Hall–Kier alpha value is -0.940. The predicted molar refractivity (Wildman–Crippen MR) is 63.9 cm³/mol. The van der Waals surface area contributed by atoms with Crippen LogP contribution in [0.2, 0.25) is 0 Å². The molecule has 0 saturated heterocycles. The van der Waals surface area contributed by atoms with Crippen LogP contribution in [0.5, 0.6) is 0 Å². The first kappa shape index (κ1) is 11.5. The topological polar surface area (TPSA) is 68.0 Å². The molecule has 16 heavy (non-hydrogen) atoms. The molecule has 1 heterocycles. The summed E-state index contributed by atoms with van der Waals surface area (Å²) in [6.07, 6.45) is 5.75. The van der Waals surface area contributed by atoms with Crippen LogP contribution in [-0.4, -0.2) is 16.9 Å². The van der Waals surface area contributed by atoms with Crippen molar-refractivity contribution in [2.24, 2.45) is 11.7 Å². The van der Waals surface area contributed by atoms with Crippen molar-refractivity contribution in [2.45, 2.75) is 38.3 Å². The zero-order valence-electron chi connectivity index (χ0n) is 9.19. The standard InChI is InChI=1S/C11H17N3OS/c12-11(15)8-1-3-9(4-2-8)14-7-10-13-5-6-16-10/h5-6,8-9,14H,1-4,7H2,(H2,12,15). The van der Waals surface area contributed by atoms with Crippen molar-refractivity contribution in [1.29, 1.82) is 0 Å². The highest BCUT2D eigenvalue weighted by atomic mass is 32.1. The molecule has 1 aliphatic rings. The van der Waals surface area contributed by atoms with Gasteiger partial charge in [0.1, 0.15) is 5.01 Å². The molecule has 88 valence electrons. The Kier molecular flexibility index (Phi) is 3.90. The zero-order valence-corrected chi connectivity index (χ0v) is 10.0. The second-order valence-electron chi connectivity index (χ2n) is 4.26. The third-order valence-electron chi connectivity index (χ3n) is 3.15. The second-order valence-corrected chi connectivity index (χ2v) is 5.24. The largest absolute Gasteiger partial charge is 0.369 e. The average Bonchev–Trinajstić information content (AvgIpc) is 2.80. The third-order valence-corrected chi connectivity index (χ3v) is 3.93. The Morgan fingerprint density at radius 3 is 2.81 bits per heavy atom. The maximum Gasteiger partial charge on any atom is 0.220 e. The Balaban J connectivity index is 1.71. The monoisotopic (exact) mass is 239 g/mol. The van der Waals surface area contributed by atoms with Gasteiger partial charge in [-0.2, -0.15) is 0 Å². The number of thiazole rings is 1. The minimum atomic E-state index is -0.140. The molecular formula is C11H17N3OS. The fourth-order valence-corrected chi connectivity index (χ4v) is 2.72. The molecule has 0 spiro atoms. The van der Waals surface area contributed by atoms with Gasteiger partial charge in [-0.05, 0) is 25.7 Å². The predicted octanol–water partition coefficient (Wildman–Crippen LogP) is 1.28.